The molecule has 0 fully saturated rings. The van der Waals surface area contributed by atoms with E-state index in [9.17, 15) is 4.79 Å². The minimum atomic E-state index is -0.734. The molecule has 0 N–H and O–H groups in total. The average Bonchev–Trinajstić information content (AvgIpc) is 2.35. The normalized spacial score (nSPS) is 11.2. The van der Waals surface area contributed by atoms with Gasteiger partial charge in [-0.05, 0) is 12.1 Å². The molecule has 0 bridgehead atoms. The Morgan fingerprint density at radius 1 is 1.35 bits per heavy atom. The number of benzene rings is 1. The van der Waals surface area contributed by atoms with Crippen LogP contribution in [0.5, 0.6) is 5.75 Å². The molecule has 0 spiro atoms. The Morgan fingerprint density at radius 3 is 2.65 bits per heavy atom. The summed E-state index contributed by atoms with van der Waals surface area (Å²) in [7, 11) is 1.42. The molecule has 0 saturated carbocycles. The molecule has 4 heteroatoms. The van der Waals surface area contributed by atoms with Gasteiger partial charge in [0, 0.05) is 6.08 Å². The molecular weight excluding hydrogens is 218 g/mol. The molecule has 0 radical (unpaired) electrons. The number of allylic oxidation sites excluding steroid dienone is 2. The van der Waals surface area contributed by atoms with Gasteiger partial charge in [-0.1, -0.05) is 36.9 Å². The molecular formula is C13H13NO3. The van der Waals surface area contributed by atoms with Crippen LogP contribution in [0.25, 0.3) is 0 Å². The van der Waals surface area contributed by atoms with Gasteiger partial charge < -0.3 is 9.47 Å². The maximum atomic E-state index is 11.4. The quantitative estimate of drug-likeness (QED) is 0.456. The van der Waals surface area contributed by atoms with Crippen molar-refractivity contribution in [2.75, 3.05) is 7.11 Å². The molecule has 0 aliphatic rings. The third-order valence-electron chi connectivity index (χ3n) is 1.73. The van der Waals surface area contributed by atoms with Gasteiger partial charge >= 0.3 is 6.09 Å². The van der Waals surface area contributed by atoms with E-state index >= 15 is 0 Å². The topological polar surface area (TPSA) is 47.9 Å². The number of methoxy groups -OCH3 is 1. The lowest BCUT2D eigenvalue weighted by molar-refractivity contribution is 0.210. The van der Waals surface area contributed by atoms with Crippen LogP contribution in [0, 0.1) is 0 Å². The predicted octanol–water partition coefficient (Wildman–Crippen LogP) is 2.97. The maximum absolute atomic E-state index is 11.4. The fraction of sp³-hybridized carbons (Fsp3) is 0.0769. The fourth-order valence-corrected chi connectivity index (χ4v) is 1.00. The Morgan fingerprint density at radius 2 is 2.06 bits per heavy atom. The molecule has 88 valence electrons. The third kappa shape index (κ3) is 4.79. The number of hydrogen-bond donors (Lipinski definition) is 0. The van der Waals surface area contributed by atoms with Gasteiger partial charge in [-0.15, -0.1) is 4.99 Å². The van der Waals surface area contributed by atoms with Gasteiger partial charge in [0.15, 0.2) is 0 Å². The van der Waals surface area contributed by atoms with Crippen molar-refractivity contribution in [1.82, 2.24) is 0 Å². The minimum Gasteiger partial charge on any atom is -0.481 e. The lowest BCUT2D eigenvalue weighted by Gasteiger charge is -2.01. The SMILES string of the molecule is C=C/C=C\C(=N\C(=O)Oc1ccccc1)OC. The molecule has 1 aromatic carbocycles. The summed E-state index contributed by atoms with van der Waals surface area (Å²) in [6, 6.07) is 8.69. The van der Waals surface area contributed by atoms with Crippen LogP contribution in [0.3, 0.4) is 0 Å². The van der Waals surface area contributed by atoms with Gasteiger partial charge in [-0.2, -0.15) is 0 Å². The summed E-state index contributed by atoms with van der Waals surface area (Å²) in [5.74, 6) is 0.593. The van der Waals surface area contributed by atoms with Gasteiger partial charge in [0.1, 0.15) is 5.75 Å². The lowest BCUT2D eigenvalue weighted by Crippen LogP contribution is -2.07. The number of carbonyl (C=O) groups is 1. The second-order valence-electron chi connectivity index (χ2n) is 2.93. The van der Waals surface area contributed by atoms with Gasteiger partial charge in [-0.25, -0.2) is 4.79 Å². The Labute approximate surface area is 99.9 Å². The summed E-state index contributed by atoms with van der Waals surface area (Å²) in [4.78, 5) is 15.0. The van der Waals surface area contributed by atoms with Crippen molar-refractivity contribution in [1.29, 1.82) is 0 Å². The first kappa shape index (κ1) is 12.7. The Kier molecular flexibility index (Phi) is 5.24. The Bertz CT molecular complexity index is 435. The number of para-hydroxylation sites is 1. The van der Waals surface area contributed by atoms with Crippen LogP contribution in [-0.4, -0.2) is 19.1 Å². The molecule has 17 heavy (non-hydrogen) atoms. The van der Waals surface area contributed by atoms with Crippen LogP contribution >= 0.6 is 0 Å². The van der Waals surface area contributed by atoms with Crippen LogP contribution in [0.2, 0.25) is 0 Å². The second kappa shape index (κ2) is 7.00. The van der Waals surface area contributed by atoms with E-state index in [2.05, 4.69) is 11.6 Å². The van der Waals surface area contributed by atoms with Crippen LogP contribution < -0.4 is 4.74 Å². The van der Waals surface area contributed by atoms with E-state index in [1.165, 1.54) is 13.2 Å². The zero-order valence-corrected chi connectivity index (χ0v) is 9.50. The first-order valence-corrected chi connectivity index (χ1v) is 4.95. The van der Waals surface area contributed by atoms with Crippen molar-refractivity contribution >= 4 is 12.0 Å². The van der Waals surface area contributed by atoms with Crippen molar-refractivity contribution in [2.45, 2.75) is 0 Å². The van der Waals surface area contributed by atoms with E-state index in [1.54, 1.807) is 36.4 Å². The molecule has 0 aromatic heterocycles. The molecule has 0 saturated heterocycles. The molecule has 1 aromatic rings. The monoisotopic (exact) mass is 231 g/mol. The Hall–Kier alpha value is -2.36. The molecule has 0 heterocycles. The number of nitrogens with zero attached hydrogens (tertiary/aromatic N) is 1. The smallest absolute Gasteiger partial charge is 0.442 e. The minimum absolute atomic E-state index is 0.158. The third-order valence-corrected chi connectivity index (χ3v) is 1.73. The molecule has 0 unspecified atom stereocenters. The highest BCUT2D eigenvalue weighted by Gasteiger charge is 2.03. The summed E-state index contributed by atoms with van der Waals surface area (Å²) in [6.07, 6.45) is 3.94. The highest BCUT2D eigenvalue weighted by atomic mass is 16.6. The van der Waals surface area contributed by atoms with Crippen molar-refractivity contribution < 1.29 is 14.3 Å². The van der Waals surface area contributed by atoms with Crippen molar-refractivity contribution in [3.63, 3.8) is 0 Å². The zero-order valence-electron chi connectivity index (χ0n) is 9.50. The van der Waals surface area contributed by atoms with E-state index in [0.717, 1.165) is 0 Å². The largest absolute Gasteiger partial charge is 0.481 e. The molecule has 0 atom stereocenters. The molecule has 0 aliphatic carbocycles. The van der Waals surface area contributed by atoms with E-state index in [0.29, 0.717) is 5.75 Å². The first-order chi connectivity index (χ1) is 8.26. The van der Waals surface area contributed by atoms with Crippen molar-refractivity contribution in [2.24, 2.45) is 4.99 Å². The van der Waals surface area contributed by atoms with E-state index in [-0.39, 0.29) is 5.90 Å². The van der Waals surface area contributed by atoms with Gasteiger partial charge in [0.2, 0.25) is 5.90 Å². The first-order valence-electron chi connectivity index (χ1n) is 4.95. The fourth-order valence-electron chi connectivity index (χ4n) is 1.00. The lowest BCUT2D eigenvalue weighted by atomic mass is 10.3. The van der Waals surface area contributed by atoms with Crippen LogP contribution in [0.4, 0.5) is 4.79 Å². The molecule has 1 amide bonds. The number of rotatable bonds is 3. The van der Waals surface area contributed by atoms with Gasteiger partial charge in [0.25, 0.3) is 0 Å². The maximum Gasteiger partial charge on any atom is 0.442 e. The van der Waals surface area contributed by atoms with E-state index in [1.807, 2.05) is 6.07 Å². The summed E-state index contributed by atoms with van der Waals surface area (Å²) in [5.41, 5.74) is 0. The number of aliphatic imine (C=N–C) groups is 1. The van der Waals surface area contributed by atoms with E-state index in [4.69, 9.17) is 9.47 Å². The highest BCUT2D eigenvalue weighted by Crippen LogP contribution is 2.09. The summed E-state index contributed by atoms with van der Waals surface area (Å²) >= 11 is 0. The molecule has 1 rings (SSSR count). The van der Waals surface area contributed by atoms with Gasteiger partial charge in [-0.3, -0.25) is 0 Å². The van der Waals surface area contributed by atoms with Crippen molar-refractivity contribution in [3.05, 3.63) is 55.1 Å². The van der Waals surface area contributed by atoms with Crippen LogP contribution in [-0.2, 0) is 4.74 Å². The number of carbonyl (C=O) groups excluding carboxylic acids is 1. The average molecular weight is 231 g/mol. The summed E-state index contributed by atoms with van der Waals surface area (Å²) in [6.45, 7) is 3.50. The van der Waals surface area contributed by atoms with E-state index < -0.39 is 6.09 Å². The Balaban J connectivity index is 2.67. The summed E-state index contributed by atoms with van der Waals surface area (Å²) < 4.78 is 9.84. The number of ether oxygens (including phenoxy) is 2. The molecule has 4 nitrogen and oxygen atoms in total. The van der Waals surface area contributed by atoms with Gasteiger partial charge in [0.05, 0.1) is 7.11 Å². The number of amides is 1. The number of hydrogen-bond acceptors (Lipinski definition) is 3. The summed E-state index contributed by atoms with van der Waals surface area (Å²) in [5, 5.41) is 0. The predicted molar refractivity (Wildman–Crippen MR) is 66.2 cm³/mol. The van der Waals surface area contributed by atoms with Crippen LogP contribution in [0.1, 0.15) is 0 Å². The van der Waals surface area contributed by atoms with Crippen molar-refractivity contribution in [3.8, 4) is 5.75 Å². The van der Waals surface area contributed by atoms with Crippen LogP contribution in [0.15, 0.2) is 60.1 Å². The standard InChI is InChI=1S/C13H13NO3/c1-3-4-10-12(16-2)14-13(15)17-11-8-6-5-7-9-11/h3-10H,1H2,2H3/b10-4-,14-12-. The zero-order chi connectivity index (χ0) is 12.5. The molecule has 0 aliphatic heterocycles. The highest BCUT2D eigenvalue weighted by molar-refractivity contribution is 5.95. The second-order valence-corrected chi connectivity index (χ2v) is 2.93.